The first-order valence-electron chi connectivity index (χ1n) is 6.93. The summed E-state index contributed by atoms with van der Waals surface area (Å²) in [5.74, 6) is 0.698. The Hall–Kier alpha value is -1.08. The number of aromatic nitrogens is 2. The van der Waals surface area contributed by atoms with Crippen molar-refractivity contribution in [1.82, 2.24) is 10.1 Å². The van der Waals surface area contributed by atoms with E-state index in [0.29, 0.717) is 24.1 Å². The van der Waals surface area contributed by atoms with E-state index in [1.54, 1.807) is 0 Å². The zero-order valence-corrected chi connectivity index (χ0v) is 12.4. The molecule has 0 unspecified atom stereocenters. The molecule has 0 saturated heterocycles. The average Bonchev–Trinajstić information content (AvgIpc) is 2.89. The van der Waals surface area contributed by atoms with Gasteiger partial charge < -0.3 is 14.4 Å². The van der Waals surface area contributed by atoms with Crippen LogP contribution in [0.2, 0.25) is 0 Å². The third-order valence-electron chi connectivity index (χ3n) is 3.41. The molecule has 1 N–H and O–H groups in total. The first kappa shape index (κ1) is 15.3. The van der Waals surface area contributed by atoms with Gasteiger partial charge in [0.15, 0.2) is 0 Å². The van der Waals surface area contributed by atoms with Gasteiger partial charge in [-0.25, -0.2) is 0 Å². The molecule has 1 heterocycles. The molecule has 1 fully saturated rings. The van der Waals surface area contributed by atoms with Crippen molar-refractivity contribution < 1.29 is 19.2 Å². The molecular formula is C13H20N2O4S. The third-order valence-corrected chi connectivity index (χ3v) is 4.31. The summed E-state index contributed by atoms with van der Waals surface area (Å²) in [5, 5.41) is 12.7. The van der Waals surface area contributed by atoms with Crippen LogP contribution in [0.25, 0.3) is 0 Å². The first-order valence-corrected chi connectivity index (χ1v) is 8.08. The summed E-state index contributed by atoms with van der Waals surface area (Å²) >= 11 is 1.25. The zero-order valence-electron chi connectivity index (χ0n) is 11.6. The highest BCUT2D eigenvalue weighted by atomic mass is 32.2. The van der Waals surface area contributed by atoms with Gasteiger partial charge in [0.25, 0.3) is 0 Å². The topological polar surface area (TPSA) is 85.5 Å². The molecule has 0 aromatic carbocycles. The third kappa shape index (κ3) is 3.73. The molecular weight excluding hydrogens is 280 g/mol. The molecule has 0 spiro atoms. The molecule has 0 bridgehead atoms. The molecule has 6 nitrogen and oxygen atoms in total. The van der Waals surface area contributed by atoms with E-state index < -0.39 is 11.6 Å². The van der Waals surface area contributed by atoms with Crippen molar-refractivity contribution in [3.05, 3.63) is 11.7 Å². The summed E-state index contributed by atoms with van der Waals surface area (Å²) in [4.78, 5) is 14.9. The van der Waals surface area contributed by atoms with Crippen LogP contribution in [0.1, 0.15) is 50.7 Å². The molecule has 2 rings (SSSR count). The van der Waals surface area contributed by atoms with Gasteiger partial charge in [0.2, 0.25) is 11.7 Å². The van der Waals surface area contributed by atoms with Gasteiger partial charge in [-0.05, 0) is 19.8 Å². The fourth-order valence-electron chi connectivity index (χ4n) is 2.56. The Kier molecular flexibility index (Phi) is 5.42. The van der Waals surface area contributed by atoms with E-state index in [9.17, 15) is 4.79 Å². The number of carboxylic acid groups (broad SMARTS) is 1. The lowest BCUT2D eigenvalue weighted by atomic mass is 9.84. The molecule has 1 aliphatic carbocycles. The van der Waals surface area contributed by atoms with Gasteiger partial charge in [0.1, 0.15) is 5.60 Å². The van der Waals surface area contributed by atoms with Crippen LogP contribution in [0, 0.1) is 0 Å². The summed E-state index contributed by atoms with van der Waals surface area (Å²) in [5.41, 5.74) is -0.411. The Bertz CT molecular complexity index is 438. The molecule has 20 heavy (non-hydrogen) atoms. The summed E-state index contributed by atoms with van der Waals surface area (Å²) in [7, 11) is 0. The van der Waals surface area contributed by atoms with E-state index >= 15 is 0 Å². The Morgan fingerprint density at radius 2 is 2.20 bits per heavy atom. The Morgan fingerprint density at radius 1 is 1.45 bits per heavy atom. The minimum absolute atomic E-state index is 0.0360. The minimum Gasteiger partial charge on any atom is -0.481 e. The van der Waals surface area contributed by atoms with Crippen molar-refractivity contribution in [2.75, 3.05) is 12.4 Å². The Labute approximate surface area is 122 Å². The molecule has 0 radical (unpaired) electrons. The fraction of sp³-hybridized carbons (Fsp3) is 0.769. The summed E-state index contributed by atoms with van der Waals surface area (Å²) in [6.07, 6.45) is 5.27. The molecule has 0 amide bonds. The van der Waals surface area contributed by atoms with Crippen LogP contribution in [0.5, 0.6) is 0 Å². The number of rotatable bonds is 7. The van der Waals surface area contributed by atoms with Crippen molar-refractivity contribution in [1.29, 1.82) is 0 Å². The second-order valence-corrected chi connectivity index (χ2v) is 5.87. The van der Waals surface area contributed by atoms with Gasteiger partial charge >= 0.3 is 5.97 Å². The highest BCUT2D eigenvalue weighted by molar-refractivity contribution is 7.99. The molecule has 1 aliphatic rings. The molecule has 1 aromatic heterocycles. The number of aliphatic carboxylic acids is 1. The van der Waals surface area contributed by atoms with Crippen molar-refractivity contribution in [3.63, 3.8) is 0 Å². The summed E-state index contributed by atoms with van der Waals surface area (Å²) in [6.45, 7) is 2.59. The fourth-order valence-corrected chi connectivity index (χ4v) is 3.12. The Morgan fingerprint density at radius 3 is 2.85 bits per heavy atom. The van der Waals surface area contributed by atoms with Crippen LogP contribution < -0.4 is 0 Å². The van der Waals surface area contributed by atoms with Crippen LogP contribution in [0.15, 0.2) is 4.52 Å². The van der Waals surface area contributed by atoms with E-state index in [-0.39, 0.29) is 5.75 Å². The molecule has 0 aliphatic heterocycles. The number of carbonyl (C=O) groups is 1. The molecule has 112 valence electrons. The standard InChI is InChI=1S/C13H20N2O4S/c1-2-18-13(6-4-3-5-7-13)12-14-10(19-15-12)8-20-9-11(16)17/h2-9H2,1H3,(H,16,17). The number of hydrogen-bond donors (Lipinski definition) is 1. The largest absolute Gasteiger partial charge is 0.481 e. The van der Waals surface area contributed by atoms with Crippen LogP contribution >= 0.6 is 11.8 Å². The molecule has 1 aromatic rings. The average molecular weight is 300 g/mol. The lowest BCUT2D eigenvalue weighted by molar-refractivity contribution is -0.133. The zero-order chi connectivity index (χ0) is 14.4. The second-order valence-electron chi connectivity index (χ2n) is 4.89. The maximum atomic E-state index is 10.5. The monoisotopic (exact) mass is 300 g/mol. The normalized spacial score (nSPS) is 18.1. The lowest BCUT2D eigenvalue weighted by Crippen LogP contribution is -2.33. The van der Waals surface area contributed by atoms with Gasteiger partial charge in [0.05, 0.1) is 11.5 Å². The van der Waals surface area contributed by atoms with Crippen molar-refractivity contribution in [2.45, 2.75) is 50.4 Å². The second kappa shape index (κ2) is 7.08. The minimum atomic E-state index is -0.840. The molecule has 1 saturated carbocycles. The van der Waals surface area contributed by atoms with E-state index in [1.807, 2.05) is 6.92 Å². The number of nitrogens with zero attached hydrogens (tertiary/aromatic N) is 2. The van der Waals surface area contributed by atoms with E-state index in [1.165, 1.54) is 18.2 Å². The maximum absolute atomic E-state index is 10.5. The van der Waals surface area contributed by atoms with Crippen molar-refractivity contribution >= 4 is 17.7 Å². The summed E-state index contributed by atoms with van der Waals surface area (Å²) < 4.78 is 11.1. The number of ether oxygens (including phenoxy) is 1. The SMILES string of the molecule is CCOC1(c2noc(CSCC(=O)O)n2)CCCCC1. The van der Waals surface area contributed by atoms with Crippen molar-refractivity contribution in [3.8, 4) is 0 Å². The maximum Gasteiger partial charge on any atom is 0.313 e. The van der Waals surface area contributed by atoms with Crippen LogP contribution in [0.4, 0.5) is 0 Å². The smallest absolute Gasteiger partial charge is 0.313 e. The van der Waals surface area contributed by atoms with Crippen LogP contribution in [-0.2, 0) is 20.9 Å². The van der Waals surface area contributed by atoms with E-state index in [2.05, 4.69) is 10.1 Å². The van der Waals surface area contributed by atoms with Gasteiger partial charge in [-0.3, -0.25) is 4.79 Å². The Balaban J connectivity index is 2.02. The van der Waals surface area contributed by atoms with Crippen LogP contribution in [0.3, 0.4) is 0 Å². The van der Waals surface area contributed by atoms with Gasteiger partial charge in [-0.15, -0.1) is 11.8 Å². The van der Waals surface area contributed by atoms with Gasteiger partial charge in [0, 0.05) is 6.61 Å². The van der Waals surface area contributed by atoms with Crippen LogP contribution in [-0.4, -0.2) is 33.6 Å². The number of thioether (sulfide) groups is 1. The lowest BCUT2D eigenvalue weighted by Gasteiger charge is -2.33. The number of hydrogen-bond acceptors (Lipinski definition) is 6. The summed E-state index contributed by atoms with van der Waals surface area (Å²) in [6, 6.07) is 0. The van der Waals surface area contributed by atoms with Gasteiger partial charge in [-0.1, -0.05) is 24.4 Å². The predicted molar refractivity (Wildman–Crippen MR) is 74.5 cm³/mol. The van der Waals surface area contributed by atoms with Crippen molar-refractivity contribution in [2.24, 2.45) is 0 Å². The van der Waals surface area contributed by atoms with E-state index in [4.69, 9.17) is 14.4 Å². The highest BCUT2D eigenvalue weighted by Crippen LogP contribution is 2.39. The van der Waals surface area contributed by atoms with Gasteiger partial charge in [-0.2, -0.15) is 4.98 Å². The molecule has 0 atom stereocenters. The number of carboxylic acids is 1. The highest BCUT2D eigenvalue weighted by Gasteiger charge is 2.39. The predicted octanol–water partition coefficient (Wildman–Crippen LogP) is 2.58. The van der Waals surface area contributed by atoms with E-state index in [0.717, 1.165) is 25.7 Å². The quantitative estimate of drug-likeness (QED) is 0.828. The molecule has 7 heteroatoms. The first-order chi connectivity index (χ1) is 9.66.